The molecule has 2 atom stereocenters. The Kier molecular flexibility index (Phi) is 6.20. The molecule has 4 nitrogen and oxygen atoms in total. The molecule has 0 aliphatic heterocycles. The van der Waals surface area contributed by atoms with Crippen molar-refractivity contribution < 1.29 is 9.59 Å². The fraction of sp³-hybridized carbons (Fsp3) is 0.579. The van der Waals surface area contributed by atoms with Gasteiger partial charge in [-0.3, -0.25) is 9.59 Å². The molecule has 1 aliphatic rings. The van der Waals surface area contributed by atoms with E-state index in [-0.39, 0.29) is 23.8 Å². The Morgan fingerprint density at radius 3 is 2.13 bits per heavy atom. The van der Waals surface area contributed by atoms with E-state index in [9.17, 15) is 9.59 Å². The molecule has 1 aromatic carbocycles. The molecule has 1 aliphatic carbocycles. The third-order valence-electron chi connectivity index (χ3n) is 4.63. The molecule has 0 bridgehead atoms. The molecule has 1 aromatic rings. The molecule has 2 N–H and O–H groups in total. The summed E-state index contributed by atoms with van der Waals surface area (Å²) in [5.74, 6) is 0.220. The van der Waals surface area contributed by atoms with Crippen LogP contribution < -0.4 is 10.6 Å². The first kappa shape index (κ1) is 17.5. The van der Waals surface area contributed by atoms with Gasteiger partial charge in [0.1, 0.15) is 6.04 Å². The smallest absolute Gasteiger partial charge is 0.247 e. The number of rotatable bonds is 6. The zero-order valence-electron chi connectivity index (χ0n) is 14.3. The predicted octanol–water partition coefficient (Wildman–Crippen LogP) is 3.19. The molecular formula is C19H28N2O2. The average Bonchev–Trinajstić information content (AvgIpc) is 3.06. The van der Waals surface area contributed by atoms with Gasteiger partial charge in [0.05, 0.1) is 0 Å². The highest BCUT2D eigenvalue weighted by molar-refractivity contribution is 5.89. The van der Waals surface area contributed by atoms with Crippen molar-refractivity contribution in [2.75, 3.05) is 0 Å². The fourth-order valence-corrected chi connectivity index (χ4v) is 3.26. The fourth-order valence-electron chi connectivity index (χ4n) is 3.26. The van der Waals surface area contributed by atoms with Crippen molar-refractivity contribution in [2.24, 2.45) is 11.8 Å². The van der Waals surface area contributed by atoms with Crippen LogP contribution in [0.3, 0.4) is 0 Å². The maximum atomic E-state index is 12.6. The monoisotopic (exact) mass is 316 g/mol. The summed E-state index contributed by atoms with van der Waals surface area (Å²) < 4.78 is 0. The molecule has 0 radical (unpaired) electrons. The summed E-state index contributed by atoms with van der Waals surface area (Å²) in [4.78, 5) is 25.1. The summed E-state index contributed by atoms with van der Waals surface area (Å²) in [5.41, 5.74) is 0.817. The molecule has 1 fully saturated rings. The lowest BCUT2D eigenvalue weighted by Crippen LogP contribution is -2.44. The van der Waals surface area contributed by atoms with Crippen molar-refractivity contribution in [2.45, 2.75) is 58.5 Å². The minimum absolute atomic E-state index is 0.0235. The van der Waals surface area contributed by atoms with Gasteiger partial charge in [0.2, 0.25) is 11.8 Å². The predicted molar refractivity (Wildman–Crippen MR) is 91.7 cm³/mol. The quantitative estimate of drug-likeness (QED) is 0.847. The Labute approximate surface area is 139 Å². The van der Waals surface area contributed by atoms with Gasteiger partial charge in [0, 0.05) is 12.0 Å². The molecule has 1 unspecified atom stereocenters. The van der Waals surface area contributed by atoms with Crippen LogP contribution in [0.4, 0.5) is 0 Å². The molecule has 23 heavy (non-hydrogen) atoms. The van der Waals surface area contributed by atoms with Gasteiger partial charge in [-0.1, -0.05) is 50.1 Å². The van der Waals surface area contributed by atoms with Gasteiger partial charge >= 0.3 is 0 Å². The van der Waals surface area contributed by atoms with Gasteiger partial charge in [-0.25, -0.2) is 0 Å². The second-order valence-corrected chi connectivity index (χ2v) is 6.85. The molecular weight excluding hydrogens is 288 g/mol. The Bertz CT molecular complexity index is 521. The Morgan fingerprint density at radius 1 is 0.957 bits per heavy atom. The van der Waals surface area contributed by atoms with E-state index < -0.39 is 6.04 Å². The van der Waals surface area contributed by atoms with Crippen molar-refractivity contribution in [3.8, 4) is 0 Å². The summed E-state index contributed by atoms with van der Waals surface area (Å²) in [6, 6.07) is 8.85. The summed E-state index contributed by atoms with van der Waals surface area (Å²) >= 11 is 0. The number of nitrogens with one attached hydrogen (secondary N) is 2. The van der Waals surface area contributed by atoms with Crippen LogP contribution in [0.2, 0.25) is 0 Å². The normalized spacial score (nSPS) is 17.7. The van der Waals surface area contributed by atoms with Gasteiger partial charge in [0.25, 0.3) is 0 Å². The lowest BCUT2D eigenvalue weighted by atomic mass is 9.91. The van der Waals surface area contributed by atoms with Gasteiger partial charge in [-0.05, 0) is 38.2 Å². The van der Waals surface area contributed by atoms with Crippen LogP contribution in [0, 0.1) is 11.8 Å². The first-order valence-corrected chi connectivity index (χ1v) is 8.64. The summed E-state index contributed by atoms with van der Waals surface area (Å²) in [5, 5.41) is 5.87. The van der Waals surface area contributed by atoms with E-state index >= 15 is 0 Å². The van der Waals surface area contributed by atoms with Crippen LogP contribution in [0.5, 0.6) is 0 Å². The van der Waals surface area contributed by atoms with Crippen LogP contribution in [-0.2, 0) is 9.59 Å². The van der Waals surface area contributed by atoms with Crippen LogP contribution in [0.15, 0.2) is 30.3 Å². The Balaban J connectivity index is 2.10. The van der Waals surface area contributed by atoms with Crippen molar-refractivity contribution in [3.63, 3.8) is 0 Å². The molecule has 2 amide bonds. The zero-order valence-corrected chi connectivity index (χ0v) is 14.3. The standard InChI is InChI=1S/C19H28N2O2/c1-13(2)20-19(23)17(16-11-5-4-6-12-16)21-18(22)14(3)15-9-7-8-10-15/h4-6,11-15,17H,7-10H2,1-3H3,(H,20,23)(H,21,22)/t14?,17-/m0/s1. The second kappa shape index (κ2) is 8.14. The van der Waals surface area contributed by atoms with Gasteiger partial charge < -0.3 is 10.6 Å². The summed E-state index contributed by atoms with van der Waals surface area (Å²) in [6.45, 7) is 5.82. The molecule has 4 heteroatoms. The van der Waals surface area contributed by atoms with E-state index in [1.807, 2.05) is 51.1 Å². The van der Waals surface area contributed by atoms with E-state index in [2.05, 4.69) is 10.6 Å². The van der Waals surface area contributed by atoms with Crippen LogP contribution in [0.25, 0.3) is 0 Å². The van der Waals surface area contributed by atoms with E-state index in [1.165, 1.54) is 12.8 Å². The van der Waals surface area contributed by atoms with Crippen molar-refractivity contribution in [1.82, 2.24) is 10.6 Å². The molecule has 0 heterocycles. The van der Waals surface area contributed by atoms with Crippen molar-refractivity contribution >= 4 is 11.8 Å². The molecule has 0 aromatic heterocycles. The van der Waals surface area contributed by atoms with Crippen LogP contribution >= 0.6 is 0 Å². The molecule has 126 valence electrons. The number of hydrogen-bond acceptors (Lipinski definition) is 2. The van der Waals surface area contributed by atoms with Gasteiger partial charge in [-0.2, -0.15) is 0 Å². The number of hydrogen-bond donors (Lipinski definition) is 2. The highest BCUT2D eigenvalue weighted by Gasteiger charge is 2.30. The highest BCUT2D eigenvalue weighted by atomic mass is 16.2. The number of carbonyl (C=O) groups excluding carboxylic acids is 2. The van der Waals surface area contributed by atoms with Crippen LogP contribution in [-0.4, -0.2) is 17.9 Å². The number of carbonyl (C=O) groups is 2. The average molecular weight is 316 g/mol. The summed E-state index contributed by atoms with van der Waals surface area (Å²) in [6.07, 6.45) is 4.64. The van der Waals surface area contributed by atoms with Gasteiger partial charge in [-0.15, -0.1) is 0 Å². The molecule has 1 saturated carbocycles. The number of benzene rings is 1. The number of amides is 2. The Morgan fingerprint density at radius 2 is 1.57 bits per heavy atom. The largest absolute Gasteiger partial charge is 0.352 e. The third-order valence-corrected chi connectivity index (χ3v) is 4.63. The molecule has 2 rings (SSSR count). The maximum absolute atomic E-state index is 12.6. The molecule has 0 spiro atoms. The zero-order chi connectivity index (χ0) is 16.8. The minimum Gasteiger partial charge on any atom is -0.352 e. The Hall–Kier alpha value is -1.84. The minimum atomic E-state index is -0.630. The summed E-state index contributed by atoms with van der Waals surface area (Å²) in [7, 11) is 0. The van der Waals surface area contributed by atoms with E-state index in [0.717, 1.165) is 18.4 Å². The second-order valence-electron chi connectivity index (χ2n) is 6.85. The van der Waals surface area contributed by atoms with E-state index in [4.69, 9.17) is 0 Å². The lowest BCUT2D eigenvalue weighted by molar-refractivity contribution is -0.132. The maximum Gasteiger partial charge on any atom is 0.247 e. The first-order chi connectivity index (χ1) is 11.0. The first-order valence-electron chi connectivity index (χ1n) is 8.64. The SMILES string of the molecule is CC(C)NC(=O)[C@@H](NC(=O)C(C)C1CCCC1)c1ccccc1. The van der Waals surface area contributed by atoms with Crippen molar-refractivity contribution in [3.05, 3.63) is 35.9 Å². The topological polar surface area (TPSA) is 58.2 Å². The van der Waals surface area contributed by atoms with E-state index in [1.54, 1.807) is 0 Å². The lowest BCUT2D eigenvalue weighted by Gasteiger charge is -2.24. The van der Waals surface area contributed by atoms with E-state index in [0.29, 0.717) is 5.92 Å². The van der Waals surface area contributed by atoms with Crippen molar-refractivity contribution in [1.29, 1.82) is 0 Å². The molecule has 0 saturated heterocycles. The van der Waals surface area contributed by atoms with Gasteiger partial charge in [0.15, 0.2) is 0 Å². The highest BCUT2D eigenvalue weighted by Crippen LogP contribution is 2.31. The third kappa shape index (κ3) is 4.81. The van der Waals surface area contributed by atoms with Crippen LogP contribution in [0.1, 0.15) is 58.1 Å².